The van der Waals surface area contributed by atoms with E-state index in [0.29, 0.717) is 13.2 Å². The second-order valence-electron chi connectivity index (χ2n) is 5.51. The zero-order valence-corrected chi connectivity index (χ0v) is 13.8. The van der Waals surface area contributed by atoms with Crippen LogP contribution < -0.4 is 9.46 Å². The number of rotatable bonds is 7. The average molecular weight is 299 g/mol. The van der Waals surface area contributed by atoms with Crippen molar-refractivity contribution >= 4 is 11.0 Å². The van der Waals surface area contributed by atoms with Crippen LogP contribution in [0, 0.1) is 0 Å². The Morgan fingerprint density at radius 3 is 2.30 bits per heavy atom. The van der Waals surface area contributed by atoms with Gasteiger partial charge in [0.25, 0.3) is 0 Å². The molecule has 0 unspecified atom stereocenters. The molecule has 0 heterocycles. The first-order valence-electron chi connectivity index (χ1n) is 6.78. The molecule has 0 saturated heterocycles. The summed E-state index contributed by atoms with van der Waals surface area (Å²) in [4.78, 5) is 0. The van der Waals surface area contributed by atoms with Crippen LogP contribution in [0.2, 0.25) is 0 Å². The first-order valence-corrected chi connectivity index (χ1v) is 7.93. The Morgan fingerprint density at radius 1 is 1.25 bits per heavy atom. The van der Waals surface area contributed by atoms with Gasteiger partial charge < -0.3 is 9.47 Å². The van der Waals surface area contributed by atoms with Gasteiger partial charge in [0, 0.05) is 7.11 Å². The van der Waals surface area contributed by atoms with Gasteiger partial charge in [-0.05, 0) is 45.4 Å². The van der Waals surface area contributed by atoms with Gasteiger partial charge in [-0.15, -0.1) is 0 Å². The van der Waals surface area contributed by atoms with E-state index < -0.39 is 11.0 Å². The minimum atomic E-state index is -1.14. The molecule has 1 rings (SSSR count). The summed E-state index contributed by atoms with van der Waals surface area (Å²) in [5.74, 6) is 0.837. The molecule has 1 N–H and O–H groups in total. The lowest BCUT2D eigenvalue weighted by molar-refractivity contribution is 0.176. The van der Waals surface area contributed by atoms with Crippen molar-refractivity contribution in [3.8, 4) is 5.75 Å². The first kappa shape index (κ1) is 17.1. The summed E-state index contributed by atoms with van der Waals surface area (Å²) in [5, 5.41) is 0. The Labute approximate surface area is 124 Å². The van der Waals surface area contributed by atoms with Gasteiger partial charge in [-0.1, -0.05) is 12.1 Å². The van der Waals surface area contributed by atoms with E-state index >= 15 is 0 Å². The predicted octanol–water partition coefficient (Wildman–Crippen LogP) is 2.82. The summed E-state index contributed by atoms with van der Waals surface area (Å²) in [6, 6.07) is 7.69. The van der Waals surface area contributed by atoms with Crippen molar-refractivity contribution in [2.45, 2.75) is 38.5 Å². The second-order valence-corrected chi connectivity index (χ2v) is 7.51. The van der Waals surface area contributed by atoms with Gasteiger partial charge in [0.1, 0.15) is 5.75 Å². The van der Waals surface area contributed by atoms with Gasteiger partial charge in [0.2, 0.25) is 0 Å². The summed E-state index contributed by atoms with van der Waals surface area (Å²) in [6.45, 7) is 8.90. The van der Waals surface area contributed by atoms with Crippen LogP contribution in [0.15, 0.2) is 24.3 Å². The molecule has 4 nitrogen and oxygen atoms in total. The third-order valence-electron chi connectivity index (χ3n) is 2.73. The zero-order valence-electron chi connectivity index (χ0n) is 12.9. The molecular weight excluding hydrogens is 274 g/mol. The van der Waals surface area contributed by atoms with E-state index in [1.165, 1.54) is 0 Å². The topological polar surface area (TPSA) is 47.6 Å². The fourth-order valence-corrected chi connectivity index (χ4v) is 2.45. The highest BCUT2D eigenvalue weighted by molar-refractivity contribution is 7.84. The molecule has 0 fully saturated rings. The van der Waals surface area contributed by atoms with Crippen LogP contribution in [-0.4, -0.2) is 29.3 Å². The maximum atomic E-state index is 12.2. The molecule has 1 aromatic rings. The van der Waals surface area contributed by atoms with Crippen LogP contribution in [0.1, 0.15) is 39.3 Å². The SMILES string of the molecule is CCOc1ccc([C@H](COC)N[S@](=O)C(C)(C)C)cc1. The number of benzene rings is 1. The van der Waals surface area contributed by atoms with E-state index in [-0.39, 0.29) is 10.8 Å². The Balaban J connectivity index is 2.82. The van der Waals surface area contributed by atoms with E-state index in [9.17, 15) is 4.21 Å². The molecule has 0 aromatic heterocycles. The van der Waals surface area contributed by atoms with Crippen molar-refractivity contribution in [2.75, 3.05) is 20.3 Å². The van der Waals surface area contributed by atoms with Crippen LogP contribution in [0.4, 0.5) is 0 Å². The lowest BCUT2D eigenvalue weighted by atomic mass is 10.1. The molecule has 114 valence electrons. The zero-order chi connectivity index (χ0) is 15.2. The highest BCUT2D eigenvalue weighted by atomic mass is 32.2. The van der Waals surface area contributed by atoms with Crippen molar-refractivity contribution in [3.63, 3.8) is 0 Å². The van der Waals surface area contributed by atoms with E-state index in [1.807, 2.05) is 52.0 Å². The monoisotopic (exact) mass is 299 g/mol. The molecule has 1 aromatic carbocycles. The highest BCUT2D eigenvalue weighted by Crippen LogP contribution is 2.20. The molecule has 0 aliphatic rings. The van der Waals surface area contributed by atoms with Crippen molar-refractivity contribution in [3.05, 3.63) is 29.8 Å². The van der Waals surface area contributed by atoms with E-state index in [0.717, 1.165) is 11.3 Å². The van der Waals surface area contributed by atoms with Crippen molar-refractivity contribution in [1.29, 1.82) is 0 Å². The number of ether oxygens (including phenoxy) is 2. The Morgan fingerprint density at radius 2 is 1.85 bits per heavy atom. The third-order valence-corrected chi connectivity index (χ3v) is 4.34. The molecule has 2 atom stereocenters. The maximum Gasteiger partial charge on any atom is 0.119 e. The number of hydrogen-bond acceptors (Lipinski definition) is 3. The summed E-state index contributed by atoms with van der Waals surface area (Å²) >= 11 is 0. The molecule has 0 bridgehead atoms. The number of nitrogens with one attached hydrogen (secondary N) is 1. The molecule has 0 aliphatic carbocycles. The van der Waals surface area contributed by atoms with Gasteiger partial charge in [-0.3, -0.25) is 0 Å². The first-order chi connectivity index (χ1) is 9.38. The standard InChI is InChI=1S/C15H25NO3S/c1-6-19-13-9-7-12(8-10-13)14(11-18-5)16-20(17)15(2,3)4/h7-10,14,16H,6,11H2,1-5H3/t14-,20+/m0/s1. The Kier molecular flexibility index (Phi) is 6.65. The van der Waals surface area contributed by atoms with Crippen LogP contribution in [0.5, 0.6) is 5.75 Å². The Bertz CT molecular complexity index is 426. The summed E-state index contributed by atoms with van der Waals surface area (Å²) in [6.07, 6.45) is 0. The van der Waals surface area contributed by atoms with Crippen LogP contribution >= 0.6 is 0 Å². The molecule has 0 spiro atoms. The van der Waals surface area contributed by atoms with Gasteiger partial charge in [0.05, 0.1) is 35.0 Å². The minimum absolute atomic E-state index is 0.101. The lowest BCUT2D eigenvalue weighted by Gasteiger charge is -2.24. The summed E-state index contributed by atoms with van der Waals surface area (Å²) in [5.41, 5.74) is 1.04. The fraction of sp³-hybridized carbons (Fsp3) is 0.600. The molecule has 0 aliphatic heterocycles. The summed E-state index contributed by atoms with van der Waals surface area (Å²) < 4.78 is 25.7. The Hall–Kier alpha value is -0.910. The van der Waals surface area contributed by atoms with Gasteiger partial charge >= 0.3 is 0 Å². The van der Waals surface area contributed by atoms with Gasteiger partial charge in [-0.25, -0.2) is 8.93 Å². The minimum Gasteiger partial charge on any atom is -0.494 e. The van der Waals surface area contributed by atoms with E-state index in [1.54, 1.807) is 7.11 Å². The van der Waals surface area contributed by atoms with Gasteiger partial charge in [0.15, 0.2) is 0 Å². The van der Waals surface area contributed by atoms with Crippen LogP contribution in [0.3, 0.4) is 0 Å². The highest BCUT2D eigenvalue weighted by Gasteiger charge is 2.23. The van der Waals surface area contributed by atoms with E-state index in [2.05, 4.69) is 4.72 Å². The molecular formula is C15H25NO3S. The number of hydrogen-bond donors (Lipinski definition) is 1. The van der Waals surface area contributed by atoms with E-state index in [4.69, 9.17) is 9.47 Å². The lowest BCUT2D eigenvalue weighted by Crippen LogP contribution is -2.37. The molecule has 5 heteroatoms. The molecule has 0 saturated carbocycles. The largest absolute Gasteiger partial charge is 0.494 e. The smallest absolute Gasteiger partial charge is 0.119 e. The second kappa shape index (κ2) is 7.76. The quantitative estimate of drug-likeness (QED) is 0.842. The third kappa shape index (κ3) is 5.23. The van der Waals surface area contributed by atoms with Gasteiger partial charge in [-0.2, -0.15) is 0 Å². The van der Waals surface area contributed by atoms with Crippen molar-refractivity contribution in [2.24, 2.45) is 0 Å². The normalized spacial score (nSPS) is 14.8. The molecule has 0 amide bonds. The molecule has 0 radical (unpaired) electrons. The van der Waals surface area contributed by atoms with Crippen LogP contribution in [0.25, 0.3) is 0 Å². The number of methoxy groups -OCH3 is 1. The fourth-order valence-electron chi connectivity index (χ4n) is 1.63. The van der Waals surface area contributed by atoms with Crippen LogP contribution in [-0.2, 0) is 15.7 Å². The molecule has 20 heavy (non-hydrogen) atoms. The van der Waals surface area contributed by atoms with Crippen molar-refractivity contribution < 1.29 is 13.7 Å². The van der Waals surface area contributed by atoms with Crippen molar-refractivity contribution in [1.82, 2.24) is 4.72 Å². The predicted molar refractivity (Wildman–Crippen MR) is 83.3 cm³/mol. The maximum absolute atomic E-state index is 12.2. The summed E-state index contributed by atoms with van der Waals surface area (Å²) in [7, 11) is 0.503. The average Bonchev–Trinajstić information content (AvgIpc) is 2.38.